The van der Waals surface area contributed by atoms with Gasteiger partial charge in [0.15, 0.2) is 0 Å². The summed E-state index contributed by atoms with van der Waals surface area (Å²) >= 11 is 0. The molecule has 0 bridgehead atoms. The maximum absolute atomic E-state index is 2.37. The SMILES string of the molecule is C1=CC2=C(CC1)c1ccc3c(c1C2)Cc1ccccc1-3. The van der Waals surface area contributed by atoms with Crippen LogP contribution in [-0.2, 0) is 12.8 Å². The highest BCUT2D eigenvalue weighted by molar-refractivity contribution is 5.86. The van der Waals surface area contributed by atoms with Gasteiger partial charge in [-0.1, -0.05) is 48.6 Å². The summed E-state index contributed by atoms with van der Waals surface area (Å²) in [7, 11) is 0. The van der Waals surface area contributed by atoms with Crippen LogP contribution in [0.5, 0.6) is 0 Å². The fourth-order valence-electron chi connectivity index (χ4n) is 4.14. The summed E-state index contributed by atoms with van der Waals surface area (Å²) in [6.45, 7) is 0. The second kappa shape index (κ2) is 3.73. The largest absolute Gasteiger partial charge is 0.0839 e. The summed E-state index contributed by atoms with van der Waals surface area (Å²) in [5, 5.41) is 0. The third kappa shape index (κ3) is 1.27. The van der Waals surface area contributed by atoms with Crippen molar-refractivity contribution in [3.63, 3.8) is 0 Å². The molecule has 0 N–H and O–H groups in total. The lowest BCUT2D eigenvalue weighted by Crippen LogP contribution is -1.93. The van der Waals surface area contributed by atoms with Gasteiger partial charge in [-0.3, -0.25) is 0 Å². The second-order valence-electron chi connectivity index (χ2n) is 6.07. The molecule has 2 aromatic rings. The number of benzene rings is 2. The van der Waals surface area contributed by atoms with E-state index in [2.05, 4.69) is 48.6 Å². The van der Waals surface area contributed by atoms with E-state index in [9.17, 15) is 0 Å². The van der Waals surface area contributed by atoms with Crippen LogP contribution in [0, 0.1) is 0 Å². The maximum Gasteiger partial charge on any atom is -0.00104 e. The highest BCUT2D eigenvalue weighted by Gasteiger charge is 2.28. The Hall–Kier alpha value is -2.08. The van der Waals surface area contributed by atoms with Crippen LogP contribution in [0.3, 0.4) is 0 Å². The zero-order chi connectivity index (χ0) is 13.1. The molecule has 0 radical (unpaired) electrons. The topological polar surface area (TPSA) is 0 Å². The average Bonchev–Trinajstić information content (AvgIpc) is 3.05. The van der Waals surface area contributed by atoms with Gasteiger partial charge < -0.3 is 0 Å². The van der Waals surface area contributed by atoms with Gasteiger partial charge >= 0.3 is 0 Å². The molecule has 0 nitrogen and oxygen atoms in total. The first-order valence-corrected chi connectivity index (χ1v) is 7.54. The zero-order valence-corrected chi connectivity index (χ0v) is 11.4. The van der Waals surface area contributed by atoms with Gasteiger partial charge in [-0.15, -0.1) is 0 Å². The van der Waals surface area contributed by atoms with Crippen LogP contribution in [0.2, 0.25) is 0 Å². The lowest BCUT2D eigenvalue weighted by Gasteiger charge is -2.10. The Morgan fingerprint density at radius 3 is 2.60 bits per heavy atom. The van der Waals surface area contributed by atoms with Crippen molar-refractivity contribution in [1.82, 2.24) is 0 Å². The molecular formula is C20H16. The molecule has 0 heteroatoms. The van der Waals surface area contributed by atoms with Gasteiger partial charge in [-0.25, -0.2) is 0 Å². The third-order valence-corrected chi connectivity index (χ3v) is 5.07. The second-order valence-corrected chi connectivity index (χ2v) is 6.07. The lowest BCUT2D eigenvalue weighted by molar-refractivity contribution is 1.04. The Labute approximate surface area is 119 Å². The molecule has 0 unspecified atom stereocenters. The van der Waals surface area contributed by atoms with E-state index < -0.39 is 0 Å². The van der Waals surface area contributed by atoms with Crippen LogP contribution in [0.25, 0.3) is 16.7 Å². The summed E-state index contributed by atoms with van der Waals surface area (Å²) in [6.07, 6.45) is 9.39. The first-order valence-electron chi connectivity index (χ1n) is 7.54. The maximum atomic E-state index is 2.37. The predicted molar refractivity (Wildman–Crippen MR) is 83.7 cm³/mol. The standard InChI is InChI=1S/C20H16/c1-3-7-15-13(5-1)11-19-17(15)9-10-18-16-8-4-2-6-14(16)12-20(18)19/h1-3,5-7,9-10H,4,8,11-12H2. The summed E-state index contributed by atoms with van der Waals surface area (Å²) in [6, 6.07) is 13.6. The Morgan fingerprint density at radius 2 is 1.60 bits per heavy atom. The fourth-order valence-corrected chi connectivity index (χ4v) is 4.14. The van der Waals surface area contributed by atoms with Crippen molar-refractivity contribution in [3.05, 3.63) is 76.4 Å². The molecule has 0 saturated heterocycles. The Bertz CT molecular complexity index is 803. The van der Waals surface area contributed by atoms with Crippen LogP contribution < -0.4 is 0 Å². The normalized spacial score (nSPS) is 17.8. The van der Waals surface area contributed by atoms with Gasteiger partial charge in [0.25, 0.3) is 0 Å². The van der Waals surface area contributed by atoms with Crippen molar-refractivity contribution in [2.24, 2.45) is 0 Å². The molecule has 0 saturated carbocycles. The Balaban J connectivity index is 1.72. The molecule has 0 fully saturated rings. The number of hydrogen-bond acceptors (Lipinski definition) is 0. The minimum atomic E-state index is 1.12. The van der Waals surface area contributed by atoms with E-state index in [1.807, 2.05) is 0 Å². The number of allylic oxidation sites excluding steroid dienone is 4. The minimum Gasteiger partial charge on any atom is -0.0839 e. The van der Waals surface area contributed by atoms with Crippen LogP contribution in [0.15, 0.2) is 54.1 Å². The van der Waals surface area contributed by atoms with Crippen molar-refractivity contribution in [3.8, 4) is 11.1 Å². The number of rotatable bonds is 0. The molecule has 5 rings (SSSR count). The van der Waals surface area contributed by atoms with Crippen LogP contribution in [-0.4, -0.2) is 0 Å². The molecule has 0 aromatic heterocycles. The van der Waals surface area contributed by atoms with Crippen molar-refractivity contribution < 1.29 is 0 Å². The van der Waals surface area contributed by atoms with E-state index in [1.165, 1.54) is 35.1 Å². The van der Waals surface area contributed by atoms with Gasteiger partial charge in [-0.2, -0.15) is 0 Å². The van der Waals surface area contributed by atoms with Crippen molar-refractivity contribution in [2.45, 2.75) is 25.7 Å². The Kier molecular flexibility index (Phi) is 1.99. The molecular weight excluding hydrogens is 240 g/mol. The Morgan fingerprint density at radius 1 is 0.750 bits per heavy atom. The predicted octanol–water partition coefficient (Wildman–Crippen LogP) is 4.92. The van der Waals surface area contributed by atoms with E-state index in [0.29, 0.717) is 0 Å². The van der Waals surface area contributed by atoms with Crippen LogP contribution in [0.1, 0.15) is 35.1 Å². The molecule has 3 aliphatic rings. The van der Waals surface area contributed by atoms with Crippen LogP contribution >= 0.6 is 0 Å². The summed E-state index contributed by atoms with van der Waals surface area (Å²) in [5.74, 6) is 0. The molecule has 0 atom stereocenters. The number of fused-ring (bicyclic) bond motifs is 6. The molecule has 0 spiro atoms. The van der Waals surface area contributed by atoms with E-state index in [-0.39, 0.29) is 0 Å². The van der Waals surface area contributed by atoms with E-state index in [1.54, 1.807) is 22.3 Å². The zero-order valence-electron chi connectivity index (χ0n) is 11.4. The van der Waals surface area contributed by atoms with E-state index in [0.717, 1.165) is 12.8 Å². The van der Waals surface area contributed by atoms with Gasteiger partial charge in [0.1, 0.15) is 0 Å². The highest BCUT2D eigenvalue weighted by Crippen LogP contribution is 2.46. The average molecular weight is 256 g/mol. The summed E-state index contributed by atoms with van der Waals surface area (Å²) in [4.78, 5) is 0. The van der Waals surface area contributed by atoms with Crippen LogP contribution in [0.4, 0.5) is 0 Å². The molecule has 3 aliphatic carbocycles. The minimum absolute atomic E-state index is 1.12. The van der Waals surface area contributed by atoms with Crippen molar-refractivity contribution >= 4 is 5.57 Å². The smallest absolute Gasteiger partial charge is 0.00104 e. The van der Waals surface area contributed by atoms with E-state index in [4.69, 9.17) is 0 Å². The van der Waals surface area contributed by atoms with Gasteiger partial charge in [-0.05, 0) is 70.2 Å². The summed E-state index contributed by atoms with van der Waals surface area (Å²) < 4.78 is 0. The molecule has 0 aliphatic heterocycles. The van der Waals surface area contributed by atoms with Gasteiger partial charge in [0, 0.05) is 0 Å². The quantitative estimate of drug-likeness (QED) is 0.535. The number of hydrogen-bond donors (Lipinski definition) is 0. The van der Waals surface area contributed by atoms with Crippen molar-refractivity contribution in [2.75, 3.05) is 0 Å². The van der Waals surface area contributed by atoms with Crippen molar-refractivity contribution in [1.29, 1.82) is 0 Å². The third-order valence-electron chi connectivity index (χ3n) is 5.07. The molecule has 96 valence electrons. The van der Waals surface area contributed by atoms with E-state index >= 15 is 0 Å². The lowest BCUT2D eigenvalue weighted by atomic mass is 9.94. The molecule has 0 amide bonds. The molecule has 2 aromatic carbocycles. The summed E-state index contributed by atoms with van der Waals surface area (Å²) in [5.41, 5.74) is 12.3. The molecule has 0 heterocycles. The van der Waals surface area contributed by atoms with Gasteiger partial charge in [0.2, 0.25) is 0 Å². The first kappa shape index (κ1) is 10.7. The monoisotopic (exact) mass is 256 g/mol. The highest BCUT2D eigenvalue weighted by atomic mass is 14.3. The van der Waals surface area contributed by atoms with Gasteiger partial charge in [0.05, 0.1) is 0 Å². The fraction of sp³-hybridized carbons (Fsp3) is 0.200. The first-order chi connectivity index (χ1) is 9.92. The molecule has 20 heavy (non-hydrogen) atoms.